The average Bonchev–Trinajstić information content (AvgIpc) is 3.63. The molecule has 2 aliphatic rings. The molecule has 1 aliphatic heterocycles. The Hall–Kier alpha value is -3.68. The van der Waals surface area contributed by atoms with E-state index in [9.17, 15) is 27.6 Å². The van der Waals surface area contributed by atoms with Gasteiger partial charge < -0.3 is 14.2 Å². The number of methoxy groups -OCH3 is 1. The van der Waals surface area contributed by atoms with E-state index in [2.05, 4.69) is 5.32 Å². The van der Waals surface area contributed by atoms with Gasteiger partial charge in [0.1, 0.15) is 11.2 Å². The molecule has 0 unspecified atom stereocenters. The van der Waals surface area contributed by atoms with Crippen LogP contribution in [0.5, 0.6) is 0 Å². The molecule has 0 bridgehead atoms. The third-order valence-corrected chi connectivity index (χ3v) is 7.38. The lowest BCUT2D eigenvalue weighted by atomic mass is 9.90. The van der Waals surface area contributed by atoms with Gasteiger partial charge in [0.05, 0.1) is 43.1 Å². The van der Waals surface area contributed by atoms with Crippen LogP contribution in [0.3, 0.4) is 0 Å². The number of benzene rings is 1. The van der Waals surface area contributed by atoms with Gasteiger partial charge >= 0.3 is 18.2 Å². The quantitative estimate of drug-likeness (QED) is 0.372. The van der Waals surface area contributed by atoms with Crippen molar-refractivity contribution in [3.63, 3.8) is 0 Å². The highest BCUT2D eigenvalue weighted by molar-refractivity contribution is 7.92. The summed E-state index contributed by atoms with van der Waals surface area (Å²) in [5, 5.41) is 2.59. The van der Waals surface area contributed by atoms with Crippen molar-refractivity contribution in [1.29, 1.82) is 0 Å². The highest BCUT2D eigenvalue weighted by Crippen LogP contribution is 2.45. The molecule has 1 N–H and O–H groups in total. The Morgan fingerprint density at radius 1 is 1.07 bits per heavy atom. The van der Waals surface area contributed by atoms with E-state index >= 15 is 0 Å². The molecule has 0 radical (unpaired) electrons. The monoisotopic (exact) mass is 608 g/mol. The van der Waals surface area contributed by atoms with Crippen molar-refractivity contribution in [3.8, 4) is 0 Å². The number of aliphatic imine (C=N–C) groups is 1. The molecule has 1 fully saturated rings. The minimum absolute atomic E-state index is 0.0352. The van der Waals surface area contributed by atoms with Crippen LogP contribution in [0.25, 0.3) is 0 Å². The van der Waals surface area contributed by atoms with E-state index in [1.165, 1.54) is 23.1 Å². The zero-order valence-corrected chi connectivity index (χ0v) is 26.4. The van der Waals surface area contributed by atoms with Crippen molar-refractivity contribution in [3.05, 3.63) is 29.3 Å². The van der Waals surface area contributed by atoms with Crippen LogP contribution >= 0.6 is 0 Å². The van der Waals surface area contributed by atoms with Gasteiger partial charge in [-0.2, -0.15) is 4.31 Å². The Balaban J connectivity index is 2.09. The van der Waals surface area contributed by atoms with Gasteiger partial charge in [-0.1, -0.05) is 0 Å². The van der Waals surface area contributed by atoms with Crippen LogP contribution < -0.4 is 9.62 Å². The predicted molar refractivity (Wildman–Crippen MR) is 154 cm³/mol. The van der Waals surface area contributed by atoms with Crippen LogP contribution in [-0.2, 0) is 35.6 Å². The summed E-state index contributed by atoms with van der Waals surface area (Å²) in [6, 6.07) is 3.92. The third-order valence-electron chi connectivity index (χ3n) is 6.36. The molecule has 1 aromatic carbocycles. The molecule has 3 amide bonds. The van der Waals surface area contributed by atoms with E-state index in [0.717, 1.165) is 26.2 Å². The Morgan fingerprint density at radius 3 is 2.17 bits per heavy atom. The first kappa shape index (κ1) is 32.8. The van der Waals surface area contributed by atoms with Crippen LogP contribution in [0.15, 0.2) is 23.2 Å². The summed E-state index contributed by atoms with van der Waals surface area (Å²) >= 11 is 0. The van der Waals surface area contributed by atoms with Gasteiger partial charge in [-0.05, 0) is 91.0 Å². The Morgan fingerprint density at radius 2 is 1.67 bits per heavy atom. The largest absolute Gasteiger partial charge is 0.465 e. The SMILES string of the molecule is COC(=O)c1cc(CN2C(=O)C[C@@](C)(C3CC3)N=C2NC(=O)OC(C)(C)C)cc(N(C(=O)OC(C)(C)C)S(C)(=O)=O)c1. The first-order chi connectivity index (χ1) is 19.1. The number of ether oxygens (including phenoxy) is 3. The van der Waals surface area contributed by atoms with E-state index in [4.69, 9.17) is 19.2 Å². The molecule has 0 saturated heterocycles. The van der Waals surface area contributed by atoms with Crippen molar-refractivity contribution in [1.82, 2.24) is 10.2 Å². The number of guanidine groups is 1. The molecule has 13 nitrogen and oxygen atoms in total. The number of nitrogens with zero attached hydrogens (tertiary/aromatic N) is 3. The van der Waals surface area contributed by atoms with Gasteiger partial charge in [-0.3, -0.25) is 15.0 Å². The van der Waals surface area contributed by atoms with Crippen LogP contribution in [-0.4, -0.2) is 73.4 Å². The predicted octanol–water partition coefficient (Wildman–Crippen LogP) is 3.96. The van der Waals surface area contributed by atoms with Gasteiger partial charge in [-0.15, -0.1) is 0 Å². The number of alkyl carbamates (subject to hydrolysis) is 1. The number of carbonyl (C=O) groups is 4. The smallest absolute Gasteiger partial charge is 0.428 e. The standard InChI is InChI=1S/C28H40N4O9S/c1-26(2,3)40-24(35)29-23-30-28(7,19-10-11-19)15-21(33)31(23)16-17-12-18(22(34)39-8)14-20(13-17)32(42(9,37)38)25(36)41-27(4,5)6/h12-14,19H,10-11,15-16H2,1-9H3,(H,29,30,35)/t28-/m0/s1. The van der Waals surface area contributed by atoms with E-state index in [-0.39, 0.29) is 47.6 Å². The first-order valence-electron chi connectivity index (χ1n) is 13.5. The molecular formula is C28H40N4O9S. The fraction of sp³-hybridized carbons (Fsp3) is 0.607. The summed E-state index contributed by atoms with van der Waals surface area (Å²) < 4.78 is 41.5. The normalized spacial score (nSPS) is 19.5. The first-order valence-corrected chi connectivity index (χ1v) is 15.3. The Bertz CT molecular complexity index is 1410. The molecule has 0 aromatic heterocycles. The van der Waals surface area contributed by atoms with Crippen molar-refractivity contribution in [2.45, 2.75) is 91.0 Å². The highest BCUT2D eigenvalue weighted by Gasteiger charge is 2.47. The third kappa shape index (κ3) is 8.43. The maximum atomic E-state index is 13.5. The van der Waals surface area contributed by atoms with Gasteiger partial charge in [0.25, 0.3) is 0 Å². The molecule has 0 spiro atoms. The average molecular weight is 609 g/mol. The minimum atomic E-state index is -4.23. The van der Waals surface area contributed by atoms with Crippen LogP contribution in [0, 0.1) is 5.92 Å². The molecule has 42 heavy (non-hydrogen) atoms. The minimum Gasteiger partial charge on any atom is -0.465 e. The van der Waals surface area contributed by atoms with Crippen molar-refractivity contribution in [2.24, 2.45) is 10.9 Å². The second-order valence-corrected chi connectivity index (χ2v) is 14.6. The Labute approximate surface area is 246 Å². The summed E-state index contributed by atoms with van der Waals surface area (Å²) in [7, 11) is -3.08. The zero-order valence-electron chi connectivity index (χ0n) is 25.6. The molecule has 14 heteroatoms. The highest BCUT2D eigenvalue weighted by atomic mass is 32.2. The van der Waals surface area contributed by atoms with E-state index in [1.54, 1.807) is 41.5 Å². The lowest BCUT2D eigenvalue weighted by molar-refractivity contribution is -0.130. The molecule has 232 valence electrons. The zero-order chi connectivity index (χ0) is 31.8. The topological polar surface area (TPSA) is 161 Å². The van der Waals surface area contributed by atoms with Crippen molar-refractivity contribution in [2.75, 3.05) is 17.7 Å². The summed E-state index contributed by atoms with van der Waals surface area (Å²) in [6.07, 6.45) is 0.725. The van der Waals surface area contributed by atoms with Crippen LogP contribution in [0.4, 0.5) is 15.3 Å². The molecule has 1 atom stereocenters. The van der Waals surface area contributed by atoms with E-state index < -0.39 is 44.9 Å². The molecule has 3 rings (SSSR count). The Kier molecular flexibility index (Phi) is 9.02. The number of amides is 3. The number of rotatable bonds is 6. The molecule has 1 aromatic rings. The number of sulfonamides is 1. The number of carbonyl (C=O) groups excluding carboxylic acids is 4. The van der Waals surface area contributed by atoms with Gasteiger partial charge in [0.15, 0.2) is 0 Å². The van der Waals surface area contributed by atoms with Crippen LogP contribution in [0.1, 0.15) is 83.7 Å². The maximum Gasteiger partial charge on any atom is 0.428 e. The van der Waals surface area contributed by atoms with Gasteiger partial charge in [0.2, 0.25) is 21.9 Å². The second-order valence-electron chi connectivity index (χ2n) is 12.7. The lowest BCUT2D eigenvalue weighted by Gasteiger charge is -2.37. The molecule has 1 saturated carbocycles. The fourth-order valence-electron chi connectivity index (χ4n) is 4.49. The van der Waals surface area contributed by atoms with E-state index in [1.807, 2.05) is 6.92 Å². The number of anilines is 1. The number of esters is 1. The number of nitrogens with one attached hydrogen (secondary N) is 1. The lowest BCUT2D eigenvalue weighted by Crippen LogP contribution is -2.54. The maximum absolute atomic E-state index is 13.5. The fourth-order valence-corrected chi connectivity index (χ4v) is 5.29. The summed E-state index contributed by atoms with van der Waals surface area (Å²) in [6.45, 7) is 11.5. The van der Waals surface area contributed by atoms with Crippen LogP contribution in [0.2, 0.25) is 0 Å². The summed E-state index contributed by atoms with van der Waals surface area (Å²) in [4.78, 5) is 57.8. The van der Waals surface area contributed by atoms with Gasteiger partial charge in [0, 0.05) is 0 Å². The van der Waals surface area contributed by atoms with Crippen molar-refractivity contribution >= 4 is 45.7 Å². The summed E-state index contributed by atoms with van der Waals surface area (Å²) in [5.41, 5.74) is -2.57. The molecular weight excluding hydrogens is 568 g/mol. The number of hydrogen-bond acceptors (Lipinski definition) is 10. The van der Waals surface area contributed by atoms with Gasteiger partial charge in [-0.25, -0.2) is 27.8 Å². The summed E-state index contributed by atoms with van der Waals surface area (Å²) in [5.74, 6) is -0.997. The van der Waals surface area contributed by atoms with Crippen molar-refractivity contribution < 1.29 is 41.8 Å². The van der Waals surface area contributed by atoms with E-state index in [0.29, 0.717) is 4.31 Å². The molecule has 1 heterocycles. The molecule has 1 aliphatic carbocycles. The second kappa shape index (κ2) is 11.5. The number of hydrogen-bond donors (Lipinski definition) is 1.